The molecule has 140 valence electrons. The number of nitrogens with zero attached hydrogens (tertiary/aromatic N) is 1. The van der Waals surface area contributed by atoms with Gasteiger partial charge in [-0.25, -0.2) is 5.48 Å². The van der Waals surface area contributed by atoms with Crippen molar-refractivity contribution in [2.24, 2.45) is 0 Å². The van der Waals surface area contributed by atoms with Gasteiger partial charge in [-0.15, -0.1) is 0 Å². The Labute approximate surface area is 176 Å². The molecule has 1 unspecified atom stereocenters. The number of halogens is 3. The van der Waals surface area contributed by atoms with Crippen LogP contribution >= 0.6 is 50.1 Å². The number of alkyl halides is 1. The van der Waals surface area contributed by atoms with Crippen LogP contribution in [0.2, 0.25) is 5.02 Å². The summed E-state index contributed by atoms with van der Waals surface area (Å²) in [5, 5.41) is 12.7. The van der Waals surface area contributed by atoms with Crippen LogP contribution in [0.25, 0.3) is 0 Å². The second-order valence-electron chi connectivity index (χ2n) is 5.32. The number of aromatic nitrogens is 1. The van der Waals surface area contributed by atoms with Gasteiger partial charge in [0.15, 0.2) is 0 Å². The van der Waals surface area contributed by atoms with Crippen molar-refractivity contribution in [1.29, 1.82) is 0 Å². The summed E-state index contributed by atoms with van der Waals surface area (Å²) in [4.78, 5) is 29.6. The fourth-order valence-electron chi connectivity index (χ4n) is 2.02. The molecule has 0 saturated heterocycles. The molecule has 1 atom stereocenters. The number of aliphatic hydroxyl groups is 1. The van der Waals surface area contributed by atoms with Crippen LogP contribution in [0.1, 0.15) is 17.3 Å². The number of benzene rings is 1. The number of nitrogens with one attached hydrogen (secondary N) is 2. The molecule has 2 rings (SSSR count). The first-order valence-electron chi connectivity index (χ1n) is 7.45. The molecule has 0 saturated carbocycles. The van der Waals surface area contributed by atoms with E-state index in [2.05, 4.69) is 26.7 Å². The van der Waals surface area contributed by atoms with Crippen LogP contribution in [0.15, 0.2) is 39.6 Å². The van der Waals surface area contributed by atoms with Gasteiger partial charge in [-0.2, -0.15) is 0 Å². The molecular formula is C16H16BrClIN3O4. The summed E-state index contributed by atoms with van der Waals surface area (Å²) in [5.41, 5.74) is 2.73. The normalized spacial score (nSPS) is 11.9. The molecular weight excluding hydrogens is 540 g/mol. The molecule has 0 bridgehead atoms. The zero-order valence-electron chi connectivity index (χ0n) is 13.6. The van der Waals surface area contributed by atoms with Crippen LogP contribution < -0.4 is 16.4 Å². The van der Waals surface area contributed by atoms with E-state index in [0.29, 0.717) is 15.3 Å². The highest BCUT2D eigenvalue weighted by atomic mass is 127. The molecule has 0 radical (unpaired) electrons. The fraction of sp³-hybridized carbons (Fsp3) is 0.250. The molecule has 0 fully saturated rings. The highest BCUT2D eigenvalue weighted by Crippen LogP contribution is 2.29. The predicted octanol–water partition coefficient (Wildman–Crippen LogP) is 3.44. The van der Waals surface area contributed by atoms with Crippen molar-refractivity contribution >= 4 is 67.5 Å². The summed E-state index contributed by atoms with van der Waals surface area (Å²) in [6, 6.07) is 7.92. The monoisotopic (exact) mass is 555 g/mol. The molecule has 0 aliphatic rings. The van der Waals surface area contributed by atoms with Crippen molar-refractivity contribution in [3.05, 3.63) is 55.7 Å². The smallest absolute Gasteiger partial charge is 0.278 e. The molecule has 3 N–H and O–H groups in total. The molecule has 1 aromatic heterocycles. The Morgan fingerprint density at radius 1 is 1.42 bits per heavy atom. The average molecular weight is 557 g/mol. The van der Waals surface area contributed by atoms with Gasteiger partial charge in [0.05, 0.1) is 26.9 Å². The van der Waals surface area contributed by atoms with E-state index in [0.717, 1.165) is 4.47 Å². The van der Waals surface area contributed by atoms with E-state index < -0.39 is 12.0 Å². The van der Waals surface area contributed by atoms with Crippen molar-refractivity contribution in [3.8, 4) is 0 Å². The second kappa shape index (κ2) is 9.70. The Bertz CT molecular complexity index is 860. The van der Waals surface area contributed by atoms with Gasteiger partial charge in [-0.1, -0.05) is 50.1 Å². The Morgan fingerprint density at radius 3 is 2.77 bits per heavy atom. The number of rotatable bonds is 7. The maximum Gasteiger partial charge on any atom is 0.278 e. The van der Waals surface area contributed by atoms with Gasteiger partial charge in [0.2, 0.25) is 0 Å². The number of carbonyl (C=O) groups is 1. The van der Waals surface area contributed by atoms with E-state index in [9.17, 15) is 14.7 Å². The molecule has 0 spiro atoms. The van der Waals surface area contributed by atoms with E-state index in [1.54, 1.807) is 18.2 Å². The Morgan fingerprint density at radius 2 is 2.15 bits per heavy atom. The van der Waals surface area contributed by atoms with Crippen LogP contribution in [0.3, 0.4) is 0 Å². The Hall–Kier alpha value is -1.14. The maximum absolute atomic E-state index is 12.4. The molecule has 7 nitrogen and oxygen atoms in total. The maximum atomic E-state index is 12.4. The van der Waals surface area contributed by atoms with Crippen LogP contribution in [0, 0.1) is 0 Å². The third-order valence-electron chi connectivity index (χ3n) is 3.22. The lowest BCUT2D eigenvalue weighted by Gasteiger charge is -2.17. The van der Waals surface area contributed by atoms with Gasteiger partial charge in [0.1, 0.15) is 12.4 Å². The Kier molecular flexibility index (Phi) is 7.89. The van der Waals surface area contributed by atoms with Crippen LogP contribution in [-0.2, 0) is 9.39 Å². The van der Waals surface area contributed by atoms with Crippen molar-refractivity contribution in [2.75, 3.05) is 11.9 Å². The van der Waals surface area contributed by atoms with Crippen molar-refractivity contribution in [1.82, 2.24) is 10.0 Å². The van der Waals surface area contributed by atoms with Gasteiger partial charge in [-0.3, -0.25) is 19.0 Å². The first-order chi connectivity index (χ1) is 12.3. The van der Waals surface area contributed by atoms with Gasteiger partial charge in [0.25, 0.3) is 11.5 Å². The largest absolute Gasteiger partial charge is 0.391 e. The lowest BCUT2D eigenvalue weighted by atomic mass is 10.2. The molecule has 26 heavy (non-hydrogen) atoms. The number of pyridine rings is 1. The topological polar surface area (TPSA) is 92.6 Å². The molecule has 1 heterocycles. The van der Waals surface area contributed by atoms with Gasteiger partial charge >= 0.3 is 0 Å². The van der Waals surface area contributed by atoms with Crippen molar-refractivity contribution < 1.29 is 14.7 Å². The minimum Gasteiger partial charge on any atom is -0.391 e. The highest BCUT2D eigenvalue weighted by molar-refractivity contribution is 14.1. The number of anilines is 2. The van der Waals surface area contributed by atoms with E-state index >= 15 is 0 Å². The van der Waals surface area contributed by atoms with E-state index in [-0.39, 0.29) is 23.5 Å². The molecule has 1 amide bonds. The summed E-state index contributed by atoms with van der Waals surface area (Å²) in [7, 11) is 0. The minimum atomic E-state index is -0.724. The van der Waals surface area contributed by atoms with Crippen LogP contribution in [0.4, 0.5) is 11.5 Å². The van der Waals surface area contributed by atoms with Gasteiger partial charge < -0.3 is 10.4 Å². The number of hydrogen-bond acceptors (Lipinski definition) is 5. The number of amides is 1. The number of carbonyl (C=O) groups excluding carboxylic acids is 1. The molecule has 0 aliphatic carbocycles. The molecule has 0 aliphatic heterocycles. The second-order valence-corrected chi connectivity index (χ2v) is 7.33. The van der Waals surface area contributed by atoms with E-state index in [1.165, 1.54) is 23.6 Å². The zero-order valence-corrected chi connectivity index (χ0v) is 18.1. The minimum absolute atomic E-state index is 0.0566. The summed E-state index contributed by atoms with van der Waals surface area (Å²) in [6.07, 6.45) is -0.724. The summed E-state index contributed by atoms with van der Waals surface area (Å²) >= 11 is 11.6. The zero-order chi connectivity index (χ0) is 19.3. The first kappa shape index (κ1) is 21.2. The summed E-state index contributed by atoms with van der Waals surface area (Å²) in [6.45, 7) is 1.48. The standard InChI is InChI=1S/C16H16BrClIN3O4/c1-9(23)7-26-21-16(25)11-3-5-14(24)22(8-19)15(11)20-13-4-2-10(17)6-12(13)18/h2-6,9,20,23H,7-8H2,1H3,(H,21,25). The van der Waals surface area contributed by atoms with Crippen molar-refractivity contribution in [3.63, 3.8) is 0 Å². The first-order valence-corrected chi connectivity index (χ1v) is 10.1. The molecule has 2 aromatic rings. The van der Waals surface area contributed by atoms with E-state index in [4.69, 9.17) is 16.4 Å². The lowest BCUT2D eigenvalue weighted by Crippen LogP contribution is -2.30. The molecule has 1 aromatic carbocycles. The quantitative estimate of drug-likeness (QED) is 0.276. The lowest BCUT2D eigenvalue weighted by molar-refractivity contribution is -0.00685. The predicted molar refractivity (Wildman–Crippen MR) is 112 cm³/mol. The SMILES string of the molecule is CC(O)CONC(=O)c1ccc(=O)n(CI)c1Nc1ccc(Br)cc1Cl. The highest BCUT2D eigenvalue weighted by Gasteiger charge is 2.18. The third kappa shape index (κ3) is 5.43. The Balaban J connectivity index is 2.40. The number of hydroxylamine groups is 1. The third-order valence-corrected chi connectivity index (χ3v) is 4.71. The average Bonchev–Trinajstić information content (AvgIpc) is 2.57. The van der Waals surface area contributed by atoms with E-state index in [1.807, 2.05) is 22.6 Å². The summed E-state index contributed by atoms with van der Waals surface area (Å²) in [5.74, 6) is -0.269. The van der Waals surface area contributed by atoms with Crippen LogP contribution in [-0.4, -0.2) is 28.3 Å². The molecule has 10 heteroatoms. The van der Waals surface area contributed by atoms with Crippen molar-refractivity contribution in [2.45, 2.75) is 17.6 Å². The van der Waals surface area contributed by atoms with Crippen LogP contribution in [0.5, 0.6) is 0 Å². The summed E-state index contributed by atoms with van der Waals surface area (Å²) < 4.78 is 2.53. The number of aliphatic hydroxyl groups excluding tert-OH is 1. The fourth-order valence-corrected chi connectivity index (χ4v) is 3.42. The van der Waals surface area contributed by atoms with Gasteiger partial charge in [0, 0.05) is 10.5 Å². The van der Waals surface area contributed by atoms with Gasteiger partial charge in [-0.05, 0) is 31.2 Å². The number of hydrogen-bond donors (Lipinski definition) is 3.